The maximum absolute atomic E-state index is 11.8. The van der Waals surface area contributed by atoms with Crippen LogP contribution in [0.4, 0.5) is 0 Å². The van der Waals surface area contributed by atoms with Crippen molar-refractivity contribution < 1.29 is 14.7 Å². The second-order valence-corrected chi connectivity index (χ2v) is 4.39. The quantitative estimate of drug-likeness (QED) is 0.673. The van der Waals surface area contributed by atoms with E-state index in [0.717, 1.165) is 6.42 Å². The minimum atomic E-state index is -1.00. The Kier molecular flexibility index (Phi) is 6.72. The SMILES string of the molecule is CCCN(CC(=O)O)C(=O)C(N)CC(C)C. The minimum Gasteiger partial charge on any atom is -0.480 e. The number of hydrogen-bond acceptors (Lipinski definition) is 3. The highest BCUT2D eigenvalue weighted by molar-refractivity contribution is 5.85. The van der Waals surface area contributed by atoms with Crippen molar-refractivity contribution in [3.63, 3.8) is 0 Å². The molecule has 16 heavy (non-hydrogen) atoms. The van der Waals surface area contributed by atoms with Crippen LogP contribution in [-0.4, -0.2) is 41.0 Å². The van der Waals surface area contributed by atoms with Crippen molar-refractivity contribution in [3.8, 4) is 0 Å². The molecule has 0 heterocycles. The van der Waals surface area contributed by atoms with Gasteiger partial charge in [0.05, 0.1) is 6.04 Å². The molecule has 0 radical (unpaired) electrons. The lowest BCUT2D eigenvalue weighted by molar-refractivity contribution is -0.145. The third-order valence-corrected chi connectivity index (χ3v) is 2.17. The number of carbonyl (C=O) groups is 2. The third-order valence-electron chi connectivity index (χ3n) is 2.17. The van der Waals surface area contributed by atoms with Crippen molar-refractivity contribution in [1.82, 2.24) is 4.90 Å². The van der Waals surface area contributed by atoms with Gasteiger partial charge in [-0.25, -0.2) is 0 Å². The van der Waals surface area contributed by atoms with Gasteiger partial charge in [-0.3, -0.25) is 9.59 Å². The van der Waals surface area contributed by atoms with Gasteiger partial charge in [0.15, 0.2) is 0 Å². The van der Waals surface area contributed by atoms with Crippen LogP contribution in [0.25, 0.3) is 0 Å². The average molecular weight is 230 g/mol. The van der Waals surface area contributed by atoms with Crippen molar-refractivity contribution in [1.29, 1.82) is 0 Å². The van der Waals surface area contributed by atoms with E-state index < -0.39 is 12.0 Å². The minimum absolute atomic E-state index is 0.265. The van der Waals surface area contributed by atoms with E-state index in [1.54, 1.807) is 0 Å². The number of nitrogens with zero attached hydrogens (tertiary/aromatic N) is 1. The van der Waals surface area contributed by atoms with Gasteiger partial charge >= 0.3 is 5.97 Å². The van der Waals surface area contributed by atoms with Crippen LogP contribution in [0, 0.1) is 5.92 Å². The molecule has 94 valence electrons. The number of carboxylic acid groups (broad SMARTS) is 1. The normalized spacial score (nSPS) is 12.6. The van der Waals surface area contributed by atoms with E-state index in [0.29, 0.717) is 18.9 Å². The topological polar surface area (TPSA) is 83.6 Å². The Bertz CT molecular complexity index is 241. The second kappa shape index (κ2) is 7.22. The molecule has 5 heteroatoms. The molecule has 3 N–H and O–H groups in total. The van der Waals surface area contributed by atoms with E-state index in [-0.39, 0.29) is 12.5 Å². The lowest BCUT2D eigenvalue weighted by atomic mass is 10.0. The molecule has 1 amide bonds. The fourth-order valence-corrected chi connectivity index (χ4v) is 1.54. The molecule has 0 saturated heterocycles. The van der Waals surface area contributed by atoms with Gasteiger partial charge in [0, 0.05) is 6.54 Å². The number of rotatable bonds is 7. The molecule has 0 aromatic rings. The van der Waals surface area contributed by atoms with Gasteiger partial charge in [0.1, 0.15) is 6.54 Å². The standard InChI is InChI=1S/C11H22N2O3/c1-4-5-13(7-10(14)15)11(16)9(12)6-8(2)3/h8-9H,4-7,12H2,1-3H3,(H,14,15). The van der Waals surface area contributed by atoms with Gasteiger partial charge in [0.25, 0.3) is 0 Å². The Morgan fingerprint density at radius 3 is 2.31 bits per heavy atom. The lowest BCUT2D eigenvalue weighted by Gasteiger charge is -2.24. The lowest BCUT2D eigenvalue weighted by Crippen LogP contribution is -2.46. The summed E-state index contributed by atoms with van der Waals surface area (Å²) in [7, 11) is 0. The van der Waals surface area contributed by atoms with E-state index in [4.69, 9.17) is 10.8 Å². The Labute approximate surface area is 96.6 Å². The summed E-state index contributed by atoms with van der Waals surface area (Å²) in [6, 6.07) is -0.592. The zero-order valence-electron chi connectivity index (χ0n) is 10.3. The first kappa shape index (κ1) is 14.9. The first-order valence-corrected chi connectivity index (χ1v) is 5.64. The molecule has 1 unspecified atom stereocenters. The molecule has 0 aliphatic rings. The molecule has 0 aromatic carbocycles. The fourth-order valence-electron chi connectivity index (χ4n) is 1.54. The highest BCUT2D eigenvalue weighted by Crippen LogP contribution is 2.06. The van der Waals surface area contributed by atoms with Crippen molar-refractivity contribution in [2.24, 2.45) is 11.7 Å². The van der Waals surface area contributed by atoms with E-state index in [1.165, 1.54) is 4.90 Å². The molecular formula is C11H22N2O3. The van der Waals surface area contributed by atoms with E-state index >= 15 is 0 Å². The highest BCUT2D eigenvalue weighted by atomic mass is 16.4. The van der Waals surface area contributed by atoms with Crippen LogP contribution in [0.2, 0.25) is 0 Å². The Hall–Kier alpha value is -1.10. The molecule has 1 atom stereocenters. The van der Waals surface area contributed by atoms with Crippen molar-refractivity contribution in [2.75, 3.05) is 13.1 Å². The first-order chi connectivity index (χ1) is 7.38. The number of carboxylic acids is 1. The molecule has 0 rings (SSSR count). The van der Waals surface area contributed by atoms with Crippen LogP contribution in [0.3, 0.4) is 0 Å². The van der Waals surface area contributed by atoms with Crippen LogP contribution in [-0.2, 0) is 9.59 Å². The summed E-state index contributed by atoms with van der Waals surface area (Å²) in [6.45, 7) is 6.04. The monoisotopic (exact) mass is 230 g/mol. The van der Waals surface area contributed by atoms with E-state index in [9.17, 15) is 9.59 Å². The fraction of sp³-hybridized carbons (Fsp3) is 0.818. The van der Waals surface area contributed by atoms with Gasteiger partial charge in [-0.1, -0.05) is 20.8 Å². The summed E-state index contributed by atoms with van der Waals surface area (Å²) >= 11 is 0. The summed E-state index contributed by atoms with van der Waals surface area (Å²) in [5, 5.41) is 8.69. The Balaban J connectivity index is 4.40. The predicted octanol–water partition coefficient (Wildman–Crippen LogP) is 0.683. The second-order valence-electron chi connectivity index (χ2n) is 4.39. The van der Waals surface area contributed by atoms with Gasteiger partial charge in [0.2, 0.25) is 5.91 Å². The maximum Gasteiger partial charge on any atom is 0.323 e. The maximum atomic E-state index is 11.8. The molecule has 0 aromatic heterocycles. The molecule has 0 spiro atoms. The van der Waals surface area contributed by atoms with E-state index in [2.05, 4.69) is 0 Å². The third kappa shape index (κ3) is 5.70. The zero-order chi connectivity index (χ0) is 12.7. The number of amides is 1. The largest absolute Gasteiger partial charge is 0.480 e. The Morgan fingerprint density at radius 1 is 1.38 bits per heavy atom. The molecule has 5 nitrogen and oxygen atoms in total. The van der Waals surface area contributed by atoms with Crippen LogP contribution < -0.4 is 5.73 Å². The number of carbonyl (C=O) groups excluding carboxylic acids is 1. The van der Waals surface area contributed by atoms with Crippen LogP contribution in [0.15, 0.2) is 0 Å². The van der Waals surface area contributed by atoms with Crippen LogP contribution >= 0.6 is 0 Å². The summed E-state index contributed by atoms with van der Waals surface area (Å²) < 4.78 is 0. The van der Waals surface area contributed by atoms with Gasteiger partial charge in [-0.2, -0.15) is 0 Å². The molecule has 0 aliphatic heterocycles. The zero-order valence-corrected chi connectivity index (χ0v) is 10.3. The molecule has 0 saturated carbocycles. The summed E-state index contributed by atoms with van der Waals surface area (Å²) in [4.78, 5) is 23.8. The molecule has 0 fully saturated rings. The number of nitrogens with two attached hydrogens (primary N) is 1. The predicted molar refractivity (Wildman–Crippen MR) is 61.9 cm³/mol. The first-order valence-electron chi connectivity index (χ1n) is 5.64. The molecular weight excluding hydrogens is 208 g/mol. The highest BCUT2D eigenvalue weighted by Gasteiger charge is 2.22. The van der Waals surface area contributed by atoms with Crippen LogP contribution in [0.5, 0.6) is 0 Å². The summed E-state index contributed by atoms with van der Waals surface area (Å²) in [5.74, 6) is -0.941. The van der Waals surface area contributed by atoms with E-state index in [1.807, 2.05) is 20.8 Å². The number of aliphatic carboxylic acids is 1. The van der Waals surface area contributed by atoms with Gasteiger partial charge < -0.3 is 15.7 Å². The smallest absolute Gasteiger partial charge is 0.323 e. The summed E-state index contributed by atoms with van der Waals surface area (Å²) in [6.07, 6.45) is 1.31. The molecule has 0 aliphatic carbocycles. The van der Waals surface area contributed by atoms with Crippen LogP contribution in [0.1, 0.15) is 33.6 Å². The average Bonchev–Trinajstić information content (AvgIpc) is 2.14. The van der Waals surface area contributed by atoms with Gasteiger partial charge in [-0.05, 0) is 18.8 Å². The number of hydrogen-bond donors (Lipinski definition) is 2. The van der Waals surface area contributed by atoms with Crippen molar-refractivity contribution >= 4 is 11.9 Å². The van der Waals surface area contributed by atoms with Gasteiger partial charge in [-0.15, -0.1) is 0 Å². The Morgan fingerprint density at radius 2 is 1.94 bits per heavy atom. The molecule has 0 bridgehead atoms. The van der Waals surface area contributed by atoms with Crippen molar-refractivity contribution in [3.05, 3.63) is 0 Å². The summed E-state index contributed by atoms with van der Waals surface area (Å²) in [5.41, 5.74) is 5.74. The van der Waals surface area contributed by atoms with Crippen molar-refractivity contribution in [2.45, 2.75) is 39.7 Å².